The van der Waals surface area contributed by atoms with Crippen LogP contribution in [0.3, 0.4) is 0 Å². The minimum Gasteiger partial charge on any atom is -0.481 e. The van der Waals surface area contributed by atoms with Crippen LogP contribution < -0.4 is 10.2 Å². The van der Waals surface area contributed by atoms with Gasteiger partial charge in [-0.05, 0) is 92.7 Å². The van der Waals surface area contributed by atoms with Crippen LogP contribution in [0, 0.1) is 5.92 Å². The van der Waals surface area contributed by atoms with Crippen LogP contribution in [0.2, 0.25) is 0 Å². The molecule has 2 saturated heterocycles. The van der Waals surface area contributed by atoms with Gasteiger partial charge < -0.3 is 15.3 Å². The third-order valence-electron chi connectivity index (χ3n) is 8.16. The number of aliphatic carboxylic acids is 1. The Morgan fingerprint density at radius 1 is 1.00 bits per heavy atom. The molecule has 0 saturated carbocycles. The maximum atomic E-state index is 13.1. The monoisotopic (exact) mass is 566 g/mol. The number of carbonyl (C=O) groups is 2. The van der Waals surface area contributed by atoms with Gasteiger partial charge in [-0.25, -0.2) is 4.98 Å². The van der Waals surface area contributed by atoms with Crippen molar-refractivity contribution in [3.05, 3.63) is 77.5 Å². The molecule has 0 bridgehead atoms. The molecule has 3 heterocycles. The van der Waals surface area contributed by atoms with Crippen LogP contribution in [-0.4, -0.2) is 52.5 Å². The second-order valence-corrected chi connectivity index (χ2v) is 10.9. The van der Waals surface area contributed by atoms with Crippen molar-refractivity contribution in [3.63, 3.8) is 0 Å². The molecule has 0 spiro atoms. The van der Waals surface area contributed by atoms with E-state index in [1.165, 1.54) is 12.1 Å². The molecule has 2 aliphatic heterocycles. The van der Waals surface area contributed by atoms with E-state index < -0.39 is 17.7 Å². The lowest BCUT2D eigenvalue weighted by molar-refractivity contribution is -0.142. The maximum absolute atomic E-state index is 13.1. The van der Waals surface area contributed by atoms with Gasteiger partial charge in [-0.3, -0.25) is 14.5 Å². The minimum absolute atomic E-state index is 0.312. The summed E-state index contributed by atoms with van der Waals surface area (Å²) in [6, 6.07) is 14.4. The zero-order valence-electron chi connectivity index (χ0n) is 22.8. The van der Waals surface area contributed by atoms with E-state index in [1.54, 1.807) is 24.4 Å². The van der Waals surface area contributed by atoms with Gasteiger partial charge in [-0.15, -0.1) is 0 Å². The average Bonchev–Trinajstić information content (AvgIpc) is 3.37. The third kappa shape index (κ3) is 6.70. The third-order valence-corrected chi connectivity index (χ3v) is 8.16. The number of amides is 1. The van der Waals surface area contributed by atoms with Gasteiger partial charge in [0.25, 0.3) is 5.91 Å². The minimum atomic E-state index is -4.41. The van der Waals surface area contributed by atoms with Gasteiger partial charge in [-0.2, -0.15) is 13.2 Å². The number of carboxylic acids is 1. The molecule has 7 nitrogen and oxygen atoms in total. The zero-order chi connectivity index (χ0) is 29.1. The normalized spacial score (nSPS) is 18.4. The number of hydrogen-bond acceptors (Lipinski definition) is 5. The van der Waals surface area contributed by atoms with E-state index >= 15 is 0 Å². The molecule has 0 radical (unpaired) electrons. The van der Waals surface area contributed by atoms with Crippen molar-refractivity contribution in [2.75, 3.05) is 29.9 Å². The predicted octanol–water partition coefficient (Wildman–Crippen LogP) is 6.31. The highest BCUT2D eigenvalue weighted by Gasteiger charge is 2.30. The summed E-state index contributed by atoms with van der Waals surface area (Å²) >= 11 is 0. The fourth-order valence-electron chi connectivity index (χ4n) is 5.64. The molecule has 216 valence electrons. The molecule has 2 N–H and O–H groups in total. The second kappa shape index (κ2) is 11.9. The number of pyridine rings is 1. The van der Waals surface area contributed by atoms with Crippen molar-refractivity contribution in [1.82, 2.24) is 9.88 Å². The van der Waals surface area contributed by atoms with Crippen molar-refractivity contribution in [2.45, 2.75) is 51.4 Å². The van der Waals surface area contributed by atoms with Crippen LogP contribution in [0.1, 0.15) is 54.1 Å². The maximum Gasteiger partial charge on any atom is 0.416 e. The smallest absolute Gasteiger partial charge is 0.416 e. The summed E-state index contributed by atoms with van der Waals surface area (Å²) in [7, 11) is 0. The summed E-state index contributed by atoms with van der Waals surface area (Å²) in [6.07, 6.45) is 0.539. The Hall–Kier alpha value is -3.92. The number of anilines is 2. The number of benzene rings is 2. The first-order valence-corrected chi connectivity index (χ1v) is 13.9. The van der Waals surface area contributed by atoms with Gasteiger partial charge >= 0.3 is 12.1 Å². The summed E-state index contributed by atoms with van der Waals surface area (Å²) < 4.78 is 39.3. The quantitative estimate of drug-likeness (QED) is 0.349. The number of nitrogens with one attached hydrogen (secondary N) is 1. The van der Waals surface area contributed by atoms with Crippen LogP contribution in [-0.2, 0) is 17.5 Å². The number of rotatable bonds is 7. The molecule has 1 atom stereocenters. The van der Waals surface area contributed by atoms with Crippen molar-refractivity contribution in [2.24, 2.45) is 5.92 Å². The molecule has 41 heavy (non-hydrogen) atoms. The Kier molecular flexibility index (Phi) is 8.30. The molecule has 1 aromatic heterocycles. The van der Waals surface area contributed by atoms with E-state index in [-0.39, 0.29) is 11.8 Å². The topological polar surface area (TPSA) is 85.8 Å². The number of aromatic nitrogens is 1. The van der Waals surface area contributed by atoms with Crippen LogP contribution in [0.15, 0.2) is 60.8 Å². The molecule has 1 amide bonds. The van der Waals surface area contributed by atoms with Crippen LogP contribution in [0.5, 0.6) is 0 Å². The van der Waals surface area contributed by atoms with Gasteiger partial charge in [-0.1, -0.05) is 12.1 Å². The van der Waals surface area contributed by atoms with Gasteiger partial charge in [0.1, 0.15) is 5.82 Å². The average molecular weight is 567 g/mol. The van der Waals surface area contributed by atoms with E-state index in [2.05, 4.69) is 27.0 Å². The highest BCUT2D eigenvalue weighted by atomic mass is 19.4. The zero-order valence-corrected chi connectivity index (χ0v) is 22.8. The SMILES string of the molecule is CC1CCCN1Cc1cc(NC(=O)c2ccc(N3CCC(C(=O)O)CC3)cc2)ncc1-c1ccc(C(F)(F)F)cc1. The van der Waals surface area contributed by atoms with Crippen LogP contribution in [0.4, 0.5) is 24.7 Å². The van der Waals surface area contributed by atoms with Gasteiger partial charge in [0.2, 0.25) is 0 Å². The lowest BCUT2D eigenvalue weighted by Crippen LogP contribution is -2.36. The van der Waals surface area contributed by atoms with Crippen LogP contribution in [0.25, 0.3) is 11.1 Å². The number of nitrogens with zero attached hydrogens (tertiary/aromatic N) is 3. The molecule has 2 aliphatic rings. The first-order chi connectivity index (χ1) is 19.6. The van der Waals surface area contributed by atoms with E-state index in [4.69, 9.17) is 0 Å². The van der Waals surface area contributed by atoms with E-state index in [1.807, 2.05) is 12.1 Å². The van der Waals surface area contributed by atoms with E-state index in [9.17, 15) is 27.9 Å². The fraction of sp³-hybridized carbons (Fsp3) is 0.387. The standard InChI is InChI=1S/C31H33F3N4O3/c1-20-3-2-14-38(20)19-24-17-28(35-18-27(24)21-4-8-25(9-5-21)31(32,33)34)36-29(39)22-6-10-26(11-7-22)37-15-12-23(13-16-37)30(40)41/h4-11,17-18,20,23H,2-3,12-16,19H2,1H3,(H,40,41)(H,35,36,39). The number of alkyl halides is 3. The Morgan fingerprint density at radius 2 is 1.68 bits per heavy atom. The Bertz CT molecular complexity index is 1390. The van der Waals surface area contributed by atoms with Crippen molar-refractivity contribution in [1.29, 1.82) is 0 Å². The molecule has 3 aromatic rings. The summed E-state index contributed by atoms with van der Waals surface area (Å²) in [5, 5.41) is 12.1. The first kappa shape index (κ1) is 28.6. The molecular weight excluding hydrogens is 533 g/mol. The van der Waals surface area contributed by atoms with Crippen molar-refractivity contribution < 1.29 is 27.9 Å². The number of hydrogen-bond donors (Lipinski definition) is 2. The molecule has 5 rings (SSSR count). The first-order valence-electron chi connectivity index (χ1n) is 13.9. The Labute approximate surface area is 237 Å². The fourth-order valence-corrected chi connectivity index (χ4v) is 5.64. The number of likely N-dealkylation sites (tertiary alicyclic amines) is 1. The Morgan fingerprint density at radius 3 is 2.27 bits per heavy atom. The number of carbonyl (C=O) groups excluding carboxylic acids is 1. The predicted molar refractivity (Wildman–Crippen MR) is 151 cm³/mol. The molecule has 0 aliphatic carbocycles. The number of carboxylic acid groups (broad SMARTS) is 1. The van der Waals surface area contributed by atoms with E-state index in [0.29, 0.717) is 55.5 Å². The summed E-state index contributed by atoms with van der Waals surface area (Å²) in [4.78, 5) is 33.2. The second-order valence-electron chi connectivity index (χ2n) is 10.9. The lowest BCUT2D eigenvalue weighted by Gasteiger charge is -2.32. The number of piperidine rings is 1. The van der Waals surface area contributed by atoms with Gasteiger partial charge in [0, 0.05) is 48.7 Å². The molecule has 2 fully saturated rings. The number of halogens is 3. The van der Waals surface area contributed by atoms with E-state index in [0.717, 1.165) is 48.3 Å². The molecule has 10 heteroatoms. The summed E-state index contributed by atoms with van der Waals surface area (Å²) in [5.41, 5.74) is 2.93. The summed E-state index contributed by atoms with van der Waals surface area (Å²) in [5.74, 6) is -1.02. The lowest BCUT2D eigenvalue weighted by atomic mass is 9.96. The molecule has 2 aromatic carbocycles. The Balaban J connectivity index is 1.32. The van der Waals surface area contributed by atoms with Gasteiger partial charge in [0.05, 0.1) is 11.5 Å². The molecule has 1 unspecified atom stereocenters. The highest BCUT2D eigenvalue weighted by Crippen LogP contribution is 2.33. The molecular formula is C31H33F3N4O3. The summed E-state index contributed by atoms with van der Waals surface area (Å²) in [6.45, 7) is 4.98. The highest BCUT2D eigenvalue weighted by molar-refractivity contribution is 6.04. The largest absolute Gasteiger partial charge is 0.481 e. The van der Waals surface area contributed by atoms with Crippen LogP contribution >= 0.6 is 0 Å². The van der Waals surface area contributed by atoms with Crippen molar-refractivity contribution >= 4 is 23.4 Å². The van der Waals surface area contributed by atoms with Crippen molar-refractivity contribution in [3.8, 4) is 11.1 Å². The van der Waals surface area contributed by atoms with Gasteiger partial charge in [0.15, 0.2) is 0 Å².